The molecule has 1 aliphatic heterocycles. The number of nitrogens with one attached hydrogen (secondary N) is 2. The van der Waals surface area contributed by atoms with Crippen molar-refractivity contribution in [3.63, 3.8) is 0 Å². The average molecular weight is 256 g/mol. The topological polar surface area (TPSA) is 50.4 Å². The maximum absolute atomic E-state index is 12.2. The molecule has 1 unspecified atom stereocenters. The highest BCUT2D eigenvalue weighted by Crippen LogP contribution is 2.24. The van der Waals surface area contributed by atoms with Crippen molar-refractivity contribution in [2.45, 2.75) is 57.9 Å². The molecular formula is C14H28N2O2. The summed E-state index contributed by atoms with van der Waals surface area (Å²) in [5, 5.41) is 6.43. The summed E-state index contributed by atoms with van der Waals surface area (Å²) in [5.74, 6) is 0.178. The molecule has 0 saturated carbocycles. The quantitative estimate of drug-likeness (QED) is 0.619. The van der Waals surface area contributed by atoms with E-state index < -0.39 is 0 Å². The van der Waals surface area contributed by atoms with Crippen LogP contribution in [0.5, 0.6) is 0 Å². The Hall–Kier alpha value is -0.610. The van der Waals surface area contributed by atoms with Crippen LogP contribution in [0.1, 0.15) is 52.4 Å². The second-order valence-corrected chi connectivity index (χ2v) is 5.08. The third kappa shape index (κ3) is 4.58. The molecule has 4 nitrogen and oxygen atoms in total. The molecule has 0 aromatic heterocycles. The molecule has 106 valence electrons. The van der Waals surface area contributed by atoms with Gasteiger partial charge in [0.15, 0.2) is 0 Å². The van der Waals surface area contributed by atoms with Crippen molar-refractivity contribution in [1.29, 1.82) is 0 Å². The van der Waals surface area contributed by atoms with Gasteiger partial charge in [0.25, 0.3) is 0 Å². The standard InChI is InChI=1S/C14H28N2O2/c1-3-7-14(8-5-10-16-14)13(17)15-9-6-12-18-11-4-2/h16H,3-12H2,1-2H3,(H,15,17). The number of amides is 1. The van der Waals surface area contributed by atoms with E-state index in [9.17, 15) is 4.79 Å². The van der Waals surface area contributed by atoms with Crippen LogP contribution >= 0.6 is 0 Å². The van der Waals surface area contributed by atoms with Crippen molar-refractivity contribution in [3.8, 4) is 0 Å². The summed E-state index contributed by atoms with van der Waals surface area (Å²) in [6.07, 6.45) is 6.00. The minimum atomic E-state index is -0.293. The Morgan fingerprint density at radius 3 is 2.78 bits per heavy atom. The van der Waals surface area contributed by atoms with E-state index in [0.717, 1.165) is 64.8 Å². The van der Waals surface area contributed by atoms with Gasteiger partial charge in [0.05, 0.1) is 5.54 Å². The van der Waals surface area contributed by atoms with Crippen LogP contribution in [0.4, 0.5) is 0 Å². The van der Waals surface area contributed by atoms with E-state index >= 15 is 0 Å². The number of hydrogen-bond donors (Lipinski definition) is 2. The molecule has 1 atom stereocenters. The molecule has 1 saturated heterocycles. The molecular weight excluding hydrogens is 228 g/mol. The summed E-state index contributed by atoms with van der Waals surface area (Å²) in [6, 6.07) is 0. The van der Waals surface area contributed by atoms with Crippen LogP contribution in [0.2, 0.25) is 0 Å². The van der Waals surface area contributed by atoms with Gasteiger partial charge in [-0.25, -0.2) is 0 Å². The Balaban J connectivity index is 2.21. The van der Waals surface area contributed by atoms with Crippen LogP contribution in [0.15, 0.2) is 0 Å². The van der Waals surface area contributed by atoms with Gasteiger partial charge in [-0.05, 0) is 38.6 Å². The van der Waals surface area contributed by atoms with Gasteiger partial charge in [-0.3, -0.25) is 4.79 Å². The van der Waals surface area contributed by atoms with E-state index in [0.29, 0.717) is 0 Å². The number of ether oxygens (including phenoxy) is 1. The first kappa shape index (κ1) is 15.4. The summed E-state index contributed by atoms with van der Waals surface area (Å²) >= 11 is 0. The van der Waals surface area contributed by atoms with Gasteiger partial charge < -0.3 is 15.4 Å². The Bertz CT molecular complexity index is 238. The number of rotatable bonds is 9. The van der Waals surface area contributed by atoms with E-state index in [1.54, 1.807) is 0 Å². The molecule has 1 aliphatic rings. The van der Waals surface area contributed by atoms with Gasteiger partial charge in [-0.2, -0.15) is 0 Å². The first-order valence-corrected chi connectivity index (χ1v) is 7.36. The maximum Gasteiger partial charge on any atom is 0.240 e. The van der Waals surface area contributed by atoms with Gasteiger partial charge >= 0.3 is 0 Å². The number of carbonyl (C=O) groups is 1. The summed E-state index contributed by atoms with van der Waals surface area (Å²) in [6.45, 7) is 7.47. The highest BCUT2D eigenvalue weighted by atomic mass is 16.5. The minimum Gasteiger partial charge on any atom is -0.381 e. The average Bonchev–Trinajstić information content (AvgIpc) is 2.83. The molecule has 18 heavy (non-hydrogen) atoms. The summed E-state index contributed by atoms with van der Waals surface area (Å²) in [5.41, 5.74) is -0.293. The molecule has 0 aromatic carbocycles. The van der Waals surface area contributed by atoms with E-state index in [2.05, 4.69) is 24.5 Å². The lowest BCUT2D eigenvalue weighted by Crippen LogP contribution is -2.53. The second kappa shape index (κ2) is 8.48. The molecule has 1 rings (SSSR count). The van der Waals surface area contributed by atoms with Crippen LogP contribution in [0.25, 0.3) is 0 Å². The molecule has 0 radical (unpaired) electrons. The lowest BCUT2D eigenvalue weighted by Gasteiger charge is -2.27. The van der Waals surface area contributed by atoms with Crippen LogP contribution in [-0.4, -0.2) is 37.7 Å². The molecule has 4 heteroatoms. The van der Waals surface area contributed by atoms with Crippen LogP contribution in [0, 0.1) is 0 Å². The molecule has 0 aromatic rings. The fraction of sp³-hybridized carbons (Fsp3) is 0.929. The van der Waals surface area contributed by atoms with Gasteiger partial charge in [-0.1, -0.05) is 20.3 Å². The largest absolute Gasteiger partial charge is 0.381 e. The molecule has 0 spiro atoms. The van der Waals surface area contributed by atoms with E-state index in [1.165, 1.54) is 0 Å². The van der Waals surface area contributed by atoms with Crippen molar-refractivity contribution in [1.82, 2.24) is 10.6 Å². The smallest absolute Gasteiger partial charge is 0.240 e. The second-order valence-electron chi connectivity index (χ2n) is 5.08. The summed E-state index contributed by atoms with van der Waals surface area (Å²) in [7, 11) is 0. The zero-order chi connectivity index (χ0) is 13.3. The fourth-order valence-electron chi connectivity index (χ4n) is 2.55. The van der Waals surface area contributed by atoms with Crippen LogP contribution < -0.4 is 10.6 Å². The summed E-state index contributed by atoms with van der Waals surface area (Å²) in [4.78, 5) is 12.2. The Labute approximate surface area is 111 Å². The monoisotopic (exact) mass is 256 g/mol. The van der Waals surface area contributed by atoms with E-state index in [-0.39, 0.29) is 11.4 Å². The van der Waals surface area contributed by atoms with E-state index in [1.807, 2.05) is 0 Å². The number of carbonyl (C=O) groups excluding carboxylic acids is 1. The predicted octanol–water partition coefficient (Wildman–Crippen LogP) is 1.84. The fourth-order valence-corrected chi connectivity index (χ4v) is 2.55. The SMILES string of the molecule is CCCOCCCNC(=O)C1(CCC)CCCN1. The van der Waals surface area contributed by atoms with Crippen molar-refractivity contribution in [3.05, 3.63) is 0 Å². The highest BCUT2D eigenvalue weighted by Gasteiger charge is 2.39. The highest BCUT2D eigenvalue weighted by molar-refractivity contribution is 5.86. The zero-order valence-corrected chi connectivity index (χ0v) is 11.9. The molecule has 0 aliphatic carbocycles. The van der Waals surface area contributed by atoms with Crippen LogP contribution in [-0.2, 0) is 9.53 Å². The molecule has 2 N–H and O–H groups in total. The third-order valence-corrected chi connectivity index (χ3v) is 3.45. The normalized spacial score (nSPS) is 23.2. The molecule has 1 fully saturated rings. The molecule has 0 bridgehead atoms. The van der Waals surface area contributed by atoms with Gasteiger partial charge in [0.1, 0.15) is 0 Å². The van der Waals surface area contributed by atoms with E-state index in [4.69, 9.17) is 4.74 Å². The van der Waals surface area contributed by atoms with Crippen molar-refractivity contribution in [2.24, 2.45) is 0 Å². The Morgan fingerprint density at radius 2 is 2.17 bits per heavy atom. The lowest BCUT2D eigenvalue weighted by atomic mass is 9.91. The van der Waals surface area contributed by atoms with Gasteiger partial charge in [-0.15, -0.1) is 0 Å². The lowest BCUT2D eigenvalue weighted by molar-refractivity contribution is -0.127. The zero-order valence-electron chi connectivity index (χ0n) is 11.9. The Morgan fingerprint density at radius 1 is 1.33 bits per heavy atom. The van der Waals surface area contributed by atoms with Gasteiger partial charge in [0, 0.05) is 19.8 Å². The van der Waals surface area contributed by atoms with Crippen molar-refractivity contribution >= 4 is 5.91 Å². The third-order valence-electron chi connectivity index (χ3n) is 3.45. The van der Waals surface area contributed by atoms with Crippen LogP contribution in [0.3, 0.4) is 0 Å². The Kier molecular flexibility index (Phi) is 7.28. The molecule has 1 amide bonds. The summed E-state index contributed by atoms with van der Waals surface area (Å²) < 4.78 is 5.40. The predicted molar refractivity (Wildman–Crippen MR) is 73.6 cm³/mol. The van der Waals surface area contributed by atoms with Crippen molar-refractivity contribution in [2.75, 3.05) is 26.3 Å². The van der Waals surface area contributed by atoms with Crippen molar-refractivity contribution < 1.29 is 9.53 Å². The maximum atomic E-state index is 12.2. The minimum absolute atomic E-state index is 0.178. The van der Waals surface area contributed by atoms with Gasteiger partial charge in [0.2, 0.25) is 5.91 Å². The first-order valence-electron chi connectivity index (χ1n) is 7.36. The first-order chi connectivity index (χ1) is 8.75. The molecule has 1 heterocycles. The number of hydrogen-bond acceptors (Lipinski definition) is 3.